The average Bonchev–Trinajstić information content (AvgIpc) is 2.71. The second kappa shape index (κ2) is 9.43. The molecule has 0 radical (unpaired) electrons. The highest BCUT2D eigenvalue weighted by Crippen LogP contribution is 2.27. The molecule has 1 fully saturated rings. The Morgan fingerprint density at radius 3 is 2.34 bits per heavy atom. The zero-order chi connectivity index (χ0) is 20.8. The van der Waals surface area contributed by atoms with Gasteiger partial charge in [-0.05, 0) is 31.2 Å². The molecule has 0 spiro atoms. The van der Waals surface area contributed by atoms with Crippen LogP contribution in [0.5, 0.6) is 5.75 Å². The number of hydrogen-bond acceptors (Lipinski definition) is 5. The van der Waals surface area contributed by atoms with Crippen molar-refractivity contribution in [3.8, 4) is 5.75 Å². The van der Waals surface area contributed by atoms with Gasteiger partial charge in [-0.2, -0.15) is 0 Å². The first-order valence-corrected chi connectivity index (χ1v) is 9.78. The van der Waals surface area contributed by atoms with E-state index in [9.17, 15) is 14.7 Å². The normalized spacial score (nSPS) is 14.5. The van der Waals surface area contributed by atoms with Crippen LogP contribution in [0.4, 0.5) is 11.4 Å². The summed E-state index contributed by atoms with van der Waals surface area (Å²) in [5.74, 6) is -0.0227. The van der Waals surface area contributed by atoms with Crippen LogP contribution < -0.4 is 10.2 Å². The van der Waals surface area contributed by atoms with Crippen molar-refractivity contribution in [3.05, 3.63) is 54.1 Å². The number of para-hydroxylation sites is 2. The van der Waals surface area contributed by atoms with Crippen LogP contribution in [0.2, 0.25) is 0 Å². The van der Waals surface area contributed by atoms with E-state index in [0.717, 1.165) is 43.1 Å². The van der Waals surface area contributed by atoms with Crippen LogP contribution in [-0.2, 0) is 9.59 Å². The molecule has 0 saturated carbocycles. The van der Waals surface area contributed by atoms with Crippen molar-refractivity contribution in [1.82, 2.24) is 9.80 Å². The second-order valence-corrected chi connectivity index (χ2v) is 7.42. The summed E-state index contributed by atoms with van der Waals surface area (Å²) in [5.41, 5.74) is 2.67. The molecule has 154 valence electrons. The van der Waals surface area contributed by atoms with E-state index in [1.54, 1.807) is 19.2 Å². The molecule has 0 aromatic heterocycles. The number of amides is 2. The minimum Gasteiger partial charge on any atom is -0.506 e. The van der Waals surface area contributed by atoms with Crippen molar-refractivity contribution in [2.75, 3.05) is 56.5 Å². The quantitative estimate of drug-likeness (QED) is 0.780. The van der Waals surface area contributed by atoms with Crippen LogP contribution in [0.3, 0.4) is 0 Å². The molecule has 0 aliphatic carbocycles. The van der Waals surface area contributed by atoms with Crippen molar-refractivity contribution < 1.29 is 14.7 Å². The summed E-state index contributed by atoms with van der Waals surface area (Å²) in [6.07, 6.45) is 0. The number of phenols is 1. The smallest absolute Gasteiger partial charge is 0.243 e. The lowest BCUT2D eigenvalue weighted by molar-refractivity contribution is -0.134. The number of hydrogen-bond donors (Lipinski definition) is 2. The summed E-state index contributed by atoms with van der Waals surface area (Å²) in [6, 6.07) is 14.8. The van der Waals surface area contributed by atoms with E-state index in [1.165, 1.54) is 4.90 Å². The fourth-order valence-corrected chi connectivity index (χ4v) is 3.33. The Morgan fingerprint density at radius 2 is 1.69 bits per heavy atom. The van der Waals surface area contributed by atoms with Gasteiger partial charge in [-0.15, -0.1) is 0 Å². The van der Waals surface area contributed by atoms with Crippen molar-refractivity contribution in [1.29, 1.82) is 0 Å². The minimum absolute atomic E-state index is 0.0184. The molecule has 29 heavy (non-hydrogen) atoms. The fourth-order valence-electron chi connectivity index (χ4n) is 3.33. The van der Waals surface area contributed by atoms with E-state index in [1.807, 2.05) is 43.3 Å². The topological polar surface area (TPSA) is 76.1 Å². The van der Waals surface area contributed by atoms with Gasteiger partial charge in [0.25, 0.3) is 0 Å². The number of anilines is 2. The predicted octanol–water partition coefficient (Wildman–Crippen LogP) is 1.92. The largest absolute Gasteiger partial charge is 0.506 e. The average molecular weight is 396 g/mol. The number of likely N-dealkylation sites (N-methyl/N-ethyl adjacent to an activating group) is 1. The second-order valence-electron chi connectivity index (χ2n) is 7.42. The van der Waals surface area contributed by atoms with Crippen molar-refractivity contribution >= 4 is 23.2 Å². The molecule has 0 atom stereocenters. The maximum absolute atomic E-state index is 12.5. The first-order chi connectivity index (χ1) is 13.9. The number of nitrogens with one attached hydrogen (secondary N) is 1. The highest BCUT2D eigenvalue weighted by molar-refractivity contribution is 5.94. The van der Waals surface area contributed by atoms with E-state index in [2.05, 4.69) is 15.1 Å². The SMILES string of the molecule is Cc1ccc(NC(=O)CN(C)C(=O)CN2CCN(c3ccccc3O)CC2)cc1. The van der Waals surface area contributed by atoms with Crippen LogP contribution in [0.15, 0.2) is 48.5 Å². The standard InChI is InChI=1S/C22H28N4O3/c1-17-7-9-18(10-8-17)23-21(28)15-24(2)22(29)16-25-11-13-26(14-12-25)19-5-3-4-6-20(19)27/h3-10,27H,11-16H2,1-2H3,(H,23,28). The fraction of sp³-hybridized carbons (Fsp3) is 0.364. The predicted molar refractivity (Wildman–Crippen MR) is 114 cm³/mol. The van der Waals surface area contributed by atoms with Crippen LogP contribution >= 0.6 is 0 Å². The van der Waals surface area contributed by atoms with Gasteiger partial charge in [-0.3, -0.25) is 14.5 Å². The Kier molecular flexibility index (Phi) is 6.72. The van der Waals surface area contributed by atoms with Gasteiger partial charge in [-0.25, -0.2) is 0 Å². The maximum Gasteiger partial charge on any atom is 0.243 e. The Hall–Kier alpha value is -3.06. The molecule has 1 heterocycles. The van der Waals surface area contributed by atoms with Crippen molar-refractivity contribution in [2.24, 2.45) is 0 Å². The molecule has 2 aromatic rings. The number of aryl methyl sites for hydroxylation is 1. The van der Waals surface area contributed by atoms with Crippen LogP contribution in [-0.4, -0.2) is 73.0 Å². The Balaban J connectivity index is 1.43. The molecule has 2 N–H and O–H groups in total. The number of carbonyl (C=O) groups is 2. The van der Waals surface area contributed by atoms with Gasteiger partial charge in [-0.1, -0.05) is 29.8 Å². The molecule has 1 aliphatic rings. The first kappa shape index (κ1) is 20.7. The lowest BCUT2D eigenvalue weighted by Gasteiger charge is -2.36. The molecule has 1 saturated heterocycles. The zero-order valence-corrected chi connectivity index (χ0v) is 17.0. The third-order valence-electron chi connectivity index (χ3n) is 5.10. The highest BCUT2D eigenvalue weighted by atomic mass is 16.3. The summed E-state index contributed by atoms with van der Waals surface area (Å²) in [4.78, 5) is 30.3. The van der Waals surface area contributed by atoms with Crippen LogP contribution in [0.1, 0.15) is 5.56 Å². The van der Waals surface area contributed by atoms with Crippen molar-refractivity contribution in [3.63, 3.8) is 0 Å². The number of nitrogens with zero attached hydrogens (tertiary/aromatic N) is 3. The van der Waals surface area contributed by atoms with Crippen LogP contribution in [0.25, 0.3) is 0 Å². The molecule has 0 unspecified atom stereocenters. The molecule has 0 bridgehead atoms. The van der Waals surface area contributed by atoms with Gasteiger partial charge >= 0.3 is 0 Å². The van der Waals surface area contributed by atoms with Gasteiger partial charge < -0.3 is 20.2 Å². The third kappa shape index (κ3) is 5.71. The Labute approximate surface area is 171 Å². The lowest BCUT2D eigenvalue weighted by atomic mass is 10.2. The van der Waals surface area contributed by atoms with E-state index in [4.69, 9.17) is 0 Å². The number of rotatable bonds is 6. The third-order valence-corrected chi connectivity index (χ3v) is 5.10. The summed E-state index contributed by atoms with van der Waals surface area (Å²) >= 11 is 0. The summed E-state index contributed by atoms with van der Waals surface area (Å²) in [6.45, 7) is 5.21. The molecule has 7 nitrogen and oxygen atoms in total. The number of benzene rings is 2. The van der Waals surface area contributed by atoms with Crippen molar-refractivity contribution in [2.45, 2.75) is 6.92 Å². The molecule has 3 rings (SSSR count). The maximum atomic E-state index is 12.5. The number of carbonyl (C=O) groups excluding carboxylic acids is 2. The molecule has 2 aromatic carbocycles. The highest BCUT2D eigenvalue weighted by Gasteiger charge is 2.22. The van der Waals surface area contributed by atoms with E-state index in [0.29, 0.717) is 0 Å². The molecule has 7 heteroatoms. The Bertz CT molecular complexity index is 845. The van der Waals surface area contributed by atoms with E-state index >= 15 is 0 Å². The molecule has 2 amide bonds. The number of phenolic OH excluding ortho intramolecular Hbond substituents is 1. The Morgan fingerprint density at radius 1 is 1.03 bits per heavy atom. The molecular formula is C22H28N4O3. The number of piperazine rings is 1. The summed E-state index contributed by atoms with van der Waals surface area (Å²) < 4.78 is 0. The molecular weight excluding hydrogens is 368 g/mol. The zero-order valence-electron chi connectivity index (χ0n) is 17.0. The van der Waals surface area contributed by atoms with Gasteiger partial charge in [0, 0.05) is 38.9 Å². The van der Waals surface area contributed by atoms with Gasteiger partial charge in [0.2, 0.25) is 11.8 Å². The monoisotopic (exact) mass is 396 g/mol. The summed E-state index contributed by atoms with van der Waals surface area (Å²) in [5, 5.41) is 12.8. The summed E-state index contributed by atoms with van der Waals surface area (Å²) in [7, 11) is 1.65. The van der Waals surface area contributed by atoms with E-state index < -0.39 is 0 Å². The van der Waals surface area contributed by atoms with Crippen LogP contribution in [0, 0.1) is 6.92 Å². The van der Waals surface area contributed by atoms with Gasteiger partial charge in [0.15, 0.2) is 0 Å². The van der Waals surface area contributed by atoms with Gasteiger partial charge in [0.1, 0.15) is 5.75 Å². The first-order valence-electron chi connectivity index (χ1n) is 9.78. The molecule has 1 aliphatic heterocycles. The minimum atomic E-state index is -0.214. The number of aromatic hydroxyl groups is 1. The van der Waals surface area contributed by atoms with E-state index in [-0.39, 0.29) is 30.7 Å². The lowest BCUT2D eigenvalue weighted by Crippen LogP contribution is -2.50. The van der Waals surface area contributed by atoms with Gasteiger partial charge in [0.05, 0.1) is 18.8 Å².